The fourth-order valence-electron chi connectivity index (χ4n) is 9.80. The first kappa shape index (κ1) is 84.2. The molecule has 3 aliphatic heterocycles. The molecule has 95 heavy (non-hydrogen) atoms. The molecule has 3 saturated heterocycles. The largest absolute Gasteiger partial charge is 0.695 e. The number of amides is 8. The summed E-state index contributed by atoms with van der Waals surface area (Å²) in [4.78, 5) is 113. The van der Waals surface area contributed by atoms with Gasteiger partial charge in [0.25, 0.3) is 0 Å². The van der Waals surface area contributed by atoms with Crippen molar-refractivity contribution in [1.82, 2.24) is 42.5 Å². The van der Waals surface area contributed by atoms with Crippen molar-refractivity contribution in [1.29, 1.82) is 0 Å². The highest BCUT2D eigenvalue weighted by Gasteiger charge is 2.48. The van der Waals surface area contributed by atoms with E-state index >= 15 is 0 Å². The molecule has 3 fully saturated rings. The predicted molar refractivity (Wildman–Crippen MR) is 322 cm³/mol. The molecule has 3 heterocycles. The van der Waals surface area contributed by atoms with Gasteiger partial charge < -0.3 is 136 Å². The van der Waals surface area contributed by atoms with Crippen LogP contribution in [0.1, 0.15) is 80.6 Å². The quantitative estimate of drug-likeness (QED) is 0.0199. The average molecular weight is 1400 g/mol. The lowest BCUT2D eigenvalue weighted by Gasteiger charge is -2.42. The van der Waals surface area contributed by atoms with E-state index in [2.05, 4.69) is 42.5 Å². The second-order valence-electron chi connectivity index (χ2n) is 23.9. The number of ether oxygens (including phenoxy) is 10. The highest BCUT2D eigenvalue weighted by molar-refractivity contribution is 7.32. The van der Waals surface area contributed by atoms with Crippen molar-refractivity contribution in [2.24, 2.45) is 5.41 Å². The Hall–Kier alpha value is -4.98. The van der Waals surface area contributed by atoms with Gasteiger partial charge in [-0.1, -0.05) is 13.8 Å². The van der Waals surface area contributed by atoms with E-state index in [1.807, 2.05) is 0 Å². The third-order valence-corrected chi connectivity index (χ3v) is 15.1. The molecule has 0 aromatic carbocycles. The smallest absolute Gasteiger partial charge is 0.394 e. The van der Waals surface area contributed by atoms with Crippen molar-refractivity contribution >= 4 is 55.5 Å². The van der Waals surface area contributed by atoms with Crippen LogP contribution in [0, 0.1) is 5.41 Å². The normalized spacial score (nSPS) is 27.0. The van der Waals surface area contributed by atoms with Crippen molar-refractivity contribution in [3.05, 3.63) is 0 Å². The molecule has 8 amide bonds. The van der Waals surface area contributed by atoms with E-state index in [4.69, 9.17) is 51.9 Å². The number of aliphatic hydroxyl groups is 9. The van der Waals surface area contributed by atoms with Gasteiger partial charge in [-0.2, -0.15) is 0 Å². The third-order valence-electron chi connectivity index (χ3n) is 14.5. The molecule has 0 bridgehead atoms. The van der Waals surface area contributed by atoms with Gasteiger partial charge in [0.2, 0.25) is 47.3 Å². The second kappa shape index (κ2) is 43.4. The van der Waals surface area contributed by atoms with Crippen LogP contribution in [0.25, 0.3) is 0 Å². The van der Waals surface area contributed by atoms with Crippen LogP contribution >= 0.6 is 8.25 Å². The first-order chi connectivity index (χ1) is 44.8. The number of hydrogen-bond acceptors (Lipinski definition) is 29. The van der Waals surface area contributed by atoms with Crippen LogP contribution in [0.4, 0.5) is 0 Å². The highest BCUT2D eigenvalue weighted by Crippen LogP contribution is 2.29. The minimum atomic E-state index is -2.94. The van der Waals surface area contributed by atoms with E-state index in [-0.39, 0.29) is 118 Å². The summed E-state index contributed by atoms with van der Waals surface area (Å²) >= 11 is 0. The predicted octanol–water partition coefficient (Wildman–Crippen LogP) is -8.33. The van der Waals surface area contributed by atoms with E-state index in [1.165, 1.54) is 34.6 Å². The lowest BCUT2D eigenvalue weighted by atomic mass is 9.89. The maximum atomic E-state index is 13.8. The van der Waals surface area contributed by atoms with Gasteiger partial charge in [-0.25, -0.2) is 0 Å². The number of rotatable bonds is 45. The van der Waals surface area contributed by atoms with Crippen LogP contribution in [-0.4, -0.2) is 320 Å². The molecular weight excluding hydrogens is 1300 g/mol. The molecule has 0 spiro atoms. The molecule has 18 atom stereocenters. The van der Waals surface area contributed by atoms with E-state index in [0.717, 1.165) is 0 Å². The topological polar surface area (TPSA) is 554 Å². The summed E-state index contributed by atoms with van der Waals surface area (Å²) in [5.41, 5.74) is -2.04. The molecule has 0 aromatic rings. The Morgan fingerprint density at radius 1 is 0.463 bits per heavy atom. The Morgan fingerprint density at radius 2 is 0.811 bits per heavy atom. The summed E-state index contributed by atoms with van der Waals surface area (Å²) in [7, 11) is -2.94. The van der Waals surface area contributed by atoms with Gasteiger partial charge in [0.05, 0.1) is 92.5 Å². The molecule has 3 rings (SSSR count). The van der Waals surface area contributed by atoms with Gasteiger partial charge in [-0.3, -0.25) is 38.4 Å². The third kappa shape index (κ3) is 31.2. The number of aliphatic hydroxyl groups excluding tert-OH is 9. The zero-order chi connectivity index (χ0) is 71.0. The number of hydrogen-bond donors (Lipinski definition) is 18. The fourth-order valence-corrected chi connectivity index (χ4v) is 10.3. The van der Waals surface area contributed by atoms with Gasteiger partial charge in [0, 0.05) is 64.2 Å². The van der Waals surface area contributed by atoms with Crippen molar-refractivity contribution in [3.63, 3.8) is 0 Å². The van der Waals surface area contributed by atoms with Gasteiger partial charge in [-0.15, -0.1) is 9.42 Å². The fraction of sp³-hybridized carbons (Fsp3) is 0.857. The monoisotopic (exact) mass is 1400 g/mol. The number of carbonyl (C=O) groups is 8. The number of nitrogens with one attached hydrogen (secondary N) is 8. The molecule has 38 nitrogen and oxygen atoms in total. The molecule has 18 N–H and O–H groups in total. The SMILES string of the molecule is CC(=O)NC1C(OCCOCCNC(=O)CCC(NC(=O)CCC(NC(=O)CC(C)(C)COCC(C)(C)O[P+](=O)O)C(=O)NCCOCCOC2OC(CO)C(O)C(O)C2NC(C)=O)C(=O)NCCOCCOC2OC(CO)C(O)C(O)C2NC(C)=O)OC(CO)C(O)C1O. The molecule has 39 heteroatoms. The van der Waals surface area contributed by atoms with Crippen molar-refractivity contribution in [2.75, 3.05) is 112 Å². The molecule has 18 unspecified atom stereocenters. The molecule has 0 saturated carbocycles. The Kier molecular flexibility index (Phi) is 38.5. The summed E-state index contributed by atoms with van der Waals surface area (Å²) in [6.07, 6.45) is -18.3. The maximum absolute atomic E-state index is 13.8. The van der Waals surface area contributed by atoms with Gasteiger partial charge >= 0.3 is 8.25 Å². The Morgan fingerprint density at radius 3 is 1.16 bits per heavy atom. The average Bonchev–Trinajstić information content (AvgIpc) is 0.830. The lowest BCUT2D eigenvalue weighted by Crippen LogP contribution is -2.64. The van der Waals surface area contributed by atoms with E-state index < -0.39 is 197 Å². The summed E-state index contributed by atoms with van der Waals surface area (Å²) < 4.78 is 72.2. The molecule has 548 valence electrons. The minimum absolute atomic E-state index is 0.0381. The first-order valence-corrected chi connectivity index (χ1v) is 32.1. The Bertz CT molecular complexity index is 2390. The van der Waals surface area contributed by atoms with Crippen LogP contribution in [0.5, 0.6) is 0 Å². The zero-order valence-electron chi connectivity index (χ0n) is 54.5. The van der Waals surface area contributed by atoms with Crippen LogP contribution in [-0.2, 0) is 94.8 Å². The molecule has 0 aromatic heterocycles. The molecule has 0 aliphatic carbocycles. The highest BCUT2D eigenvalue weighted by atomic mass is 31.1. The standard InChI is InChI=1S/C56H99N8O30P/c1-30(68)60-41-47(77)44(74)35(25-65)91-52(41)88-21-18-84-15-12-57-38(71)10-8-33(50(80)58-13-16-85-19-22-89-53-42(61-31(2)69)48(78)45(75)36(26-66)92-53)63-39(72)11-9-34(64-40(73)24-55(4,5)28-87-29-56(6,7)94-95(82)83)51(81)59-14-17-86-20-23-90-54-43(62-32(3)70)49(79)46(76)37(27-67)93-54/h33-37,41-49,52-54,65-67,74-79H,8-29H2,1-7H3,(H8-,57,58,59,60,61,62,63,64,68,69,70,71,72,73,80,81,82,83)/p+1. The van der Waals surface area contributed by atoms with Crippen LogP contribution in [0.3, 0.4) is 0 Å². The van der Waals surface area contributed by atoms with Crippen LogP contribution < -0.4 is 42.5 Å². The molecular formula is C56H100N8O30P+. The maximum Gasteiger partial charge on any atom is 0.695 e. The van der Waals surface area contributed by atoms with Crippen LogP contribution in [0.2, 0.25) is 0 Å². The van der Waals surface area contributed by atoms with Crippen LogP contribution in [0.15, 0.2) is 0 Å². The first-order valence-electron chi connectivity index (χ1n) is 30.9. The second-order valence-corrected chi connectivity index (χ2v) is 24.6. The van der Waals surface area contributed by atoms with Crippen molar-refractivity contribution in [2.45, 2.75) is 190 Å². The van der Waals surface area contributed by atoms with Gasteiger partial charge in [-0.05, 0) is 32.1 Å². The van der Waals surface area contributed by atoms with Gasteiger partial charge in [0.15, 0.2) is 18.9 Å². The van der Waals surface area contributed by atoms with E-state index in [0.29, 0.717) is 0 Å². The molecule has 0 radical (unpaired) electrons. The minimum Gasteiger partial charge on any atom is -0.394 e. The summed E-state index contributed by atoms with van der Waals surface area (Å²) in [6, 6.07) is -6.33. The van der Waals surface area contributed by atoms with Crippen molar-refractivity contribution < 1.29 is 146 Å². The van der Waals surface area contributed by atoms with Gasteiger partial charge in [0.1, 0.15) is 90.7 Å². The lowest BCUT2D eigenvalue weighted by molar-refractivity contribution is -0.272. The summed E-state index contributed by atoms with van der Waals surface area (Å²) in [6.45, 7) is 6.38. The number of carbonyl (C=O) groups excluding carboxylic acids is 8. The summed E-state index contributed by atoms with van der Waals surface area (Å²) in [5.74, 6) is -5.18. The Balaban J connectivity index is 1.68. The van der Waals surface area contributed by atoms with E-state index in [1.54, 1.807) is 13.8 Å². The van der Waals surface area contributed by atoms with Crippen molar-refractivity contribution in [3.8, 4) is 0 Å². The zero-order valence-corrected chi connectivity index (χ0v) is 55.4. The van der Waals surface area contributed by atoms with E-state index in [9.17, 15) is 93.8 Å². The Labute approximate surface area is 550 Å². The molecule has 3 aliphatic rings. The summed E-state index contributed by atoms with van der Waals surface area (Å²) in [5, 5.41) is 112.